The van der Waals surface area contributed by atoms with E-state index in [0.717, 1.165) is 16.9 Å². The third-order valence-corrected chi connectivity index (χ3v) is 9.18. The molecule has 0 N–H and O–H groups in total. The van der Waals surface area contributed by atoms with Gasteiger partial charge in [0.05, 0.1) is 10.3 Å². The maximum Gasteiger partial charge on any atom is 0.202 e. The van der Waals surface area contributed by atoms with Gasteiger partial charge in [-0.15, -0.1) is 23.4 Å². The third-order valence-electron chi connectivity index (χ3n) is 5.05. The van der Waals surface area contributed by atoms with E-state index in [2.05, 4.69) is 12.1 Å². The molecular formula is C20H19ClO2S2. The van der Waals surface area contributed by atoms with Gasteiger partial charge < -0.3 is 0 Å². The van der Waals surface area contributed by atoms with Crippen LogP contribution in [0.2, 0.25) is 0 Å². The molecule has 0 aromatic heterocycles. The largest absolute Gasteiger partial charge is 0.219 e. The minimum Gasteiger partial charge on any atom is -0.219 e. The molecule has 0 aliphatic heterocycles. The van der Waals surface area contributed by atoms with Gasteiger partial charge in [0.15, 0.2) is 0 Å². The van der Waals surface area contributed by atoms with Gasteiger partial charge in [0, 0.05) is 21.0 Å². The molecule has 1 fully saturated rings. The summed E-state index contributed by atoms with van der Waals surface area (Å²) in [4.78, 5) is 2.08. The summed E-state index contributed by atoms with van der Waals surface area (Å²) in [5.41, 5.74) is 1.05. The monoisotopic (exact) mass is 390 g/mol. The Balaban J connectivity index is 1.65. The number of benzene rings is 2. The van der Waals surface area contributed by atoms with Crippen molar-refractivity contribution in [1.29, 1.82) is 0 Å². The number of thioether (sulfide) groups is 1. The Morgan fingerprint density at radius 1 is 1.04 bits per heavy atom. The Morgan fingerprint density at radius 3 is 2.36 bits per heavy atom. The van der Waals surface area contributed by atoms with Gasteiger partial charge in [-0.1, -0.05) is 42.0 Å². The third kappa shape index (κ3) is 3.05. The molecular weight excluding hydrogens is 372 g/mol. The van der Waals surface area contributed by atoms with Crippen molar-refractivity contribution in [2.45, 2.75) is 33.8 Å². The maximum atomic E-state index is 13.1. The van der Waals surface area contributed by atoms with Crippen molar-refractivity contribution in [3.63, 3.8) is 0 Å². The van der Waals surface area contributed by atoms with Crippen molar-refractivity contribution in [3.05, 3.63) is 71.1 Å². The average molecular weight is 391 g/mol. The Kier molecular flexibility index (Phi) is 4.47. The number of fused-ring (bicyclic) bond motifs is 2. The molecule has 0 amide bonds. The van der Waals surface area contributed by atoms with E-state index < -0.39 is 9.84 Å². The van der Waals surface area contributed by atoms with Gasteiger partial charge in [-0.05, 0) is 43.5 Å². The van der Waals surface area contributed by atoms with E-state index in [9.17, 15) is 8.42 Å². The molecule has 25 heavy (non-hydrogen) atoms. The van der Waals surface area contributed by atoms with Gasteiger partial charge >= 0.3 is 0 Å². The molecule has 130 valence electrons. The molecule has 2 nitrogen and oxygen atoms in total. The van der Waals surface area contributed by atoms with Crippen molar-refractivity contribution in [2.24, 2.45) is 11.8 Å². The first-order valence-electron chi connectivity index (χ1n) is 8.36. The van der Waals surface area contributed by atoms with Crippen LogP contribution in [-0.2, 0) is 9.84 Å². The number of aryl methyl sites for hydroxylation is 1. The molecule has 2 aliphatic carbocycles. The Hall–Kier alpha value is -1.23. The van der Waals surface area contributed by atoms with Crippen LogP contribution in [0.3, 0.4) is 0 Å². The minimum atomic E-state index is -3.45. The molecule has 2 aliphatic rings. The van der Waals surface area contributed by atoms with E-state index in [4.69, 9.17) is 11.6 Å². The van der Waals surface area contributed by atoms with Gasteiger partial charge in [-0.3, -0.25) is 0 Å². The fourth-order valence-corrected chi connectivity index (χ4v) is 7.48. The van der Waals surface area contributed by atoms with Crippen LogP contribution in [0.25, 0.3) is 0 Å². The van der Waals surface area contributed by atoms with Crippen molar-refractivity contribution < 1.29 is 8.42 Å². The number of rotatable bonds is 4. The standard InChI is InChI=1S/C20H19ClO2S2/c1-13-7-9-16(10-8-13)25(22,23)18-12-14-11-17(18)20(19(14)21)24-15-5-3-2-4-6-15/h2-10,12,14,17,19-20H,11H2,1H3/t14-,17+,19+,20+/m1/s1. The average Bonchev–Trinajstić information content (AvgIpc) is 3.17. The lowest BCUT2D eigenvalue weighted by Crippen LogP contribution is -2.28. The molecule has 0 spiro atoms. The van der Waals surface area contributed by atoms with Crippen LogP contribution >= 0.6 is 23.4 Å². The number of halogens is 1. The van der Waals surface area contributed by atoms with Gasteiger partial charge in [-0.25, -0.2) is 8.42 Å². The first kappa shape index (κ1) is 17.2. The highest BCUT2D eigenvalue weighted by Gasteiger charge is 2.51. The molecule has 1 saturated carbocycles. The normalized spacial score (nSPS) is 28.2. The maximum absolute atomic E-state index is 13.1. The van der Waals surface area contributed by atoms with Crippen LogP contribution in [0.15, 0.2) is 75.4 Å². The second-order valence-corrected chi connectivity index (χ2v) is 10.4. The lowest BCUT2D eigenvalue weighted by Gasteiger charge is -2.27. The van der Waals surface area contributed by atoms with Crippen molar-refractivity contribution in [2.75, 3.05) is 0 Å². The summed E-state index contributed by atoms with van der Waals surface area (Å²) in [7, 11) is -3.45. The fourth-order valence-electron chi connectivity index (χ4n) is 3.74. The second kappa shape index (κ2) is 6.49. The predicted molar refractivity (Wildman–Crippen MR) is 104 cm³/mol. The summed E-state index contributed by atoms with van der Waals surface area (Å²) in [6.45, 7) is 1.96. The quantitative estimate of drug-likeness (QED) is 0.683. The van der Waals surface area contributed by atoms with E-state index in [0.29, 0.717) is 9.80 Å². The van der Waals surface area contributed by atoms with Gasteiger partial charge in [0.25, 0.3) is 0 Å². The van der Waals surface area contributed by atoms with E-state index in [1.165, 1.54) is 0 Å². The van der Waals surface area contributed by atoms with Crippen molar-refractivity contribution in [1.82, 2.24) is 0 Å². The van der Waals surface area contributed by atoms with Crippen LogP contribution in [0, 0.1) is 18.8 Å². The zero-order valence-electron chi connectivity index (χ0n) is 13.8. The molecule has 4 atom stereocenters. The molecule has 0 saturated heterocycles. The molecule has 5 heteroatoms. The van der Waals surface area contributed by atoms with Crippen LogP contribution in [0.5, 0.6) is 0 Å². The number of allylic oxidation sites excluding steroid dienone is 2. The lowest BCUT2D eigenvalue weighted by atomic mass is 10.1. The van der Waals surface area contributed by atoms with E-state index >= 15 is 0 Å². The van der Waals surface area contributed by atoms with Gasteiger partial charge in [0.2, 0.25) is 9.84 Å². The van der Waals surface area contributed by atoms with Crippen molar-refractivity contribution >= 4 is 33.2 Å². The Labute approximate surface area is 158 Å². The molecule has 2 aromatic carbocycles. The fraction of sp³-hybridized carbons (Fsp3) is 0.300. The summed E-state index contributed by atoms with van der Waals surface area (Å²) < 4.78 is 26.2. The molecule has 2 bridgehead atoms. The molecule has 0 unspecified atom stereocenters. The van der Waals surface area contributed by atoms with Crippen LogP contribution in [0.1, 0.15) is 12.0 Å². The van der Waals surface area contributed by atoms with Crippen molar-refractivity contribution in [3.8, 4) is 0 Å². The van der Waals surface area contributed by atoms with E-state index in [-0.39, 0.29) is 22.5 Å². The molecule has 4 rings (SSSR count). The van der Waals surface area contributed by atoms with Gasteiger partial charge in [0.1, 0.15) is 0 Å². The zero-order valence-corrected chi connectivity index (χ0v) is 16.2. The molecule has 2 aromatic rings. The number of sulfone groups is 1. The highest BCUT2D eigenvalue weighted by atomic mass is 35.5. The topological polar surface area (TPSA) is 34.1 Å². The number of hydrogen-bond donors (Lipinski definition) is 0. The second-order valence-electron chi connectivity index (χ2n) is 6.73. The predicted octanol–water partition coefficient (Wildman–Crippen LogP) is 5.07. The highest BCUT2D eigenvalue weighted by Crippen LogP contribution is 2.54. The number of hydrogen-bond acceptors (Lipinski definition) is 3. The summed E-state index contributed by atoms with van der Waals surface area (Å²) in [5, 5.41) is 0.0708. The summed E-state index contributed by atoms with van der Waals surface area (Å²) in [5.74, 6) is 0.132. The highest BCUT2D eigenvalue weighted by molar-refractivity contribution is 8.00. The molecule has 0 radical (unpaired) electrons. The zero-order chi connectivity index (χ0) is 17.6. The Morgan fingerprint density at radius 2 is 1.72 bits per heavy atom. The van der Waals surface area contributed by atoms with Crippen LogP contribution in [-0.4, -0.2) is 19.0 Å². The smallest absolute Gasteiger partial charge is 0.202 e. The first-order valence-corrected chi connectivity index (χ1v) is 11.2. The first-order chi connectivity index (χ1) is 12.0. The summed E-state index contributed by atoms with van der Waals surface area (Å²) in [6.07, 6.45) is 2.73. The number of alkyl halides is 1. The molecule has 0 heterocycles. The minimum absolute atomic E-state index is 0.0102. The lowest BCUT2D eigenvalue weighted by molar-refractivity contribution is 0.590. The van der Waals surface area contributed by atoms with Crippen LogP contribution in [0.4, 0.5) is 0 Å². The summed E-state index contributed by atoms with van der Waals surface area (Å²) >= 11 is 8.35. The SMILES string of the molecule is Cc1ccc(S(=O)(=O)C2=C[C@H]3C[C@@H]2[C@H](Sc2ccccc2)[C@H]3Cl)cc1. The summed E-state index contributed by atoms with van der Waals surface area (Å²) in [6, 6.07) is 17.2. The van der Waals surface area contributed by atoms with E-state index in [1.807, 2.05) is 43.3 Å². The van der Waals surface area contributed by atoms with Gasteiger partial charge in [-0.2, -0.15) is 0 Å². The van der Waals surface area contributed by atoms with E-state index in [1.54, 1.807) is 23.9 Å². The van der Waals surface area contributed by atoms with Crippen LogP contribution < -0.4 is 0 Å². The Bertz CT molecular complexity index is 904.